The predicted molar refractivity (Wildman–Crippen MR) is 48.3 cm³/mol. The molecule has 0 aromatic heterocycles. The normalized spacial score (nSPS) is 62.2. The molecule has 0 nitrogen and oxygen atoms in total. The molecule has 11 heavy (non-hydrogen) atoms. The molecule has 2 aliphatic carbocycles. The second-order valence-electron chi connectivity index (χ2n) is 5.22. The van der Waals surface area contributed by atoms with Crippen LogP contribution in [0.3, 0.4) is 0 Å². The molecule has 0 aromatic carbocycles. The van der Waals surface area contributed by atoms with E-state index in [2.05, 4.69) is 27.7 Å². The SMILES string of the molecule is CC1CC1C1(C)C(C)CC1C. The lowest BCUT2D eigenvalue weighted by Crippen LogP contribution is -2.46. The molecule has 0 spiro atoms. The summed E-state index contributed by atoms with van der Waals surface area (Å²) in [6.45, 7) is 9.80. The topological polar surface area (TPSA) is 0 Å². The van der Waals surface area contributed by atoms with Gasteiger partial charge in [-0.1, -0.05) is 27.7 Å². The molecule has 0 bridgehead atoms. The van der Waals surface area contributed by atoms with Gasteiger partial charge in [0, 0.05) is 0 Å². The molecule has 2 fully saturated rings. The Labute approximate surface area is 70.4 Å². The second-order valence-corrected chi connectivity index (χ2v) is 5.22. The van der Waals surface area contributed by atoms with Crippen molar-refractivity contribution < 1.29 is 0 Å². The molecule has 0 aliphatic heterocycles. The van der Waals surface area contributed by atoms with Crippen LogP contribution in [0.1, 0.15) is 40.5 Å². The van der Waals surface area contributed by atoms with Gasteiger partial charge in [0.1, 0.15) is 0 Å². The summed E-state index contributed by atoms with van der Waals surface area (Å²) in [4.78, 5) is 0. The van der Waals surface area contributed by atoms with E-state index < -0.39 is 0 Å². The van der Waals surface area contributed by atoms with Crippen LogP contribution in [0, 0.1) is 29.1 Å². The second kappa shape index (κ2) is 2.02. The van der Waals surface area contributed by atoms with Crippen LogP contribution in [0.4, 0.5) is 0 Å². The van der Waals surface area contributed by atoms with Crippen LogP contribution in [0.2, 0.25) is 0 Å². The highest BCUT2D eigenvalue weighted by Crippen LogP contribution is 2.65. The fourth-order valence-electron chi connectivity index (χ4n) is 3.28. The van der Waals surface area contributed by atoms with Crippen LogP contribution < -0.4 is 0 Å². The number of hydrogen-bond acceptors (Lipinski definition) is 0. The summed E-state index contributed by atoms with van der Waals surface area (Å²) in [7, 11) is 0. The van der Waals surface area contributed by atoms with Crippen molar-refractivity contribution in [3.8, 4) is 0 Å². The average Bonchev–Trinajstić information content (AvgIpc) is 2.66. The lowest BCUT2D eigenvalue weighted by atomic mass is 9.52. The largest absolute Gasteiger partial charge is 0.0622 e. The molecule has 0 saturated heterocycles. The lowest BCUT2D eigenvalue weighted by Gasteiger charge is -2.53. The standard InChI is InChI=1S/C11H20/c1-7-5-10(7)11(4)8(2)6-9(11)3/h7-10H,5-6H2,1-4H3. The van der Waals surface area contributed by atoms with Crippen LogP contribution >= 0.6 is 0 Å². The molecule has 0 amide bonds. The molecule has 0 heteroatoms. The minimum atomic E-state index is 0.722. The summed E-state index contributed by atoms with van der Waals surface area (Å²) in [5.41, 5.74) is 0.722. The molecule has 2 saturated carbocycles. The first-order valence-electron chi connectivity index (χ1n) is 5.06. The van der Waals surface area contributed by atoms with E-state index in [4.69, 9.17) is 0 Å². The Bertz CT molecular complexity index is 163. The van der Waals surface area contributed by atoms with Crippen molar-refractivity contribution in [3.05, 3.63) is 0 Å². The highest BCUT2D eigenvalue weighted by Gasteiger charge is 2.57. The van der Waals surface area contributed by atoms with Gasteiger partial charge in [-0.3, -0.25) is 0 Å². The minimum absolute atomic E-state index is 0.722. The zero-order valence-corrected chi connectivity index (χ0v) is 8.22. The van der Waals surface area contributed by atoms with Crippen LogP contribution in [0.5, 0.6) is 0 Å². The summed E-state index contributed by atoms with van der Waals surface area (Å²) in [6, 6.07) is 0. The Morgan fingerprint density at radius 1 is 1.00 bits per heavy atom. The zero-order valence-electron chi connectivity index (χ0n) is 8.22. The van der Waals surface area contributed by atoms with Gasteiger partial charge < -0.3 is 0 Å². The minimum Gasteiger partial charge on any atom is -0.0622 e. The molecule has 0 heterocycles. The van der Waals surface area contributed by atoms with Crippen molar-refractivity contribution in [1.82, 2.24) is 0 Å². The van der Waals surface area contributed by atoms with Crippen molar-refractivity contribution in [2.24, 2.45) is 29.1 Å². The third-order valence-electron chi connectivity index (χ3n) is 4.74. The van der Waals surface area contributed by atoms with Gasteiger partial charge in [-0.15, -0.1) is 0 Å². The van der Waals surface area contributed by atoms with Crippen LogP contribution in [0.15, 0.2) is 0 Å². The maximum Gasteiger partial charge on any atom is -0.0243 e. The van der Waals surface area contributed by atoms with E-state index in [0.717, 1.165) is 29.1 Å². The third-order valence-corrected chi connectivity index (χ3v) is 4.74. The van der Waals surface area contributed by atoms with Gasteiger partial charge in [0.25, 0.3) is 0 Å². The van der Waals surface area contributed by atoms with Gasteiger partial charge in [-0.2, -0.15) is 0 Å². The summed E-state index contributed by atoms with van der Waals surface area (Å²) < 4.78 is 0. The van der Waals surface area contributed by atoms with E-state index in [0.29, 0.717) is 0 Å². The molecule has 2 aliphatic rings. The van der Waals surface area contributed by atoms with Crippen molar-refractivity contribution in [1.29, 1.82) is 0 Å². The van der Waals surface area contributed by atoms with Gasteiger partial charge in [-0.25, -0.2) is 0 Å². The van der Waals surface area contributed by atoms with Crippen LogP contribution in [-0.2, 0) is 0 Å². The number of rotatable bonds is 1. The maximum atomic E-state index is 2.51. The Kier molecular flexibility index (Phi) is 1.41. The maximum absolute atomic E-state index is 2.51. The van der Waals surface area contributed by atoms with E-state index in [1.807, 2.05) is 0 Å². The smallest absolute Gasteiger partial charge is 0.0243 e. The van der Waals surface area contributed by atoms with E-state index in [-0.39, 0.29) is 0 Å². The summed E-state index contributed by atoms with van der Waals surface area (Å²) in [5, 5.41) is 0. The molecule has 4 atom stereocenters. The average molecular weight is 152 g/mol. The fraction of sp³-hybridized carbons (Fsp3) is 1.00. The van der Waals surface area contributed by atoms with E-state index >= 15 is 0 Å². The molecule has 4 unspecified atom stereocenters. The molecule has 64 valence electrons. The van der Waals surface area contributed by atoms with Crippen LogP contribution in [-0.4, -0.2) is 0 Å². The quantitative estimate of drug-likeness (QED) is 0.540. The molecular formula is C11H20. The summed E-state index contributed by atoms with van der Waals surface area (Å²) >= 11 is 0. The lowest BCUT2D eigenvalue weighted by molar-refractivity contribution is -0.0397. The summed E-state index contributed by atoms with van der Waals surface area (Å²) in [5.74, 6) is 4.09. The molecule has 2 rings (SSSR count). The molecule has 0 N–H and O–H groups in total. The fourth-order valence-corrected chi connectivity index (χ4v) is 3.28. The first kappa shape index (κ1) is 7.64. The molecule has 0 aromatic rings. The monoisotopic (exact) mass is 152 g/mol. The van der Waals surface area contributed by atoms with Gasteiger partial charge in [0.15, 0.2) is 0 Å². The van der Waals surface area contributed by atoms with E-state index in [1.165, 1.54) is 12.8 Å². The van der Waals surface area contributed by atoms with Crippen molar-refractivity contribution >= 4 is 0 Å². The van der Waals surface area contributed by atoms with E-state index in [9.17, 15) is 0 Å². The van der Waals surface area contributed by atoms with Gasteiger partial charge in [0.2, 0.25) is 0 Å². The van der Waals surface area contributed by atoms with Gasteiger partial charge >= 0.3 is 0 Å². The highest BCUT2D eigenvalue weighted by molar-refractivity contribution is 5.06. The Morgan fingerprint density at radius 3 is 1.64 bits per heavy atom. The molecular weight excluding hydrogens is 132 g/mol. The third kappa shape index (κ3) is 0.816. The van der Waals surface area contributed by atoms with Crippen molar-refractivity contribution in [2.45, 2.75) is 40.5 Å². The van der Waals surface area contributed by atoms with E-state index in [1.54, 1.807) is 0 Å². The first-order valence-corrected chi connectivity index (χ1v) is 5.06. The Morgan fingerprint density at radius 2 is 1.45 bits per heavy atom. The highest BCUT2D eigenvalue weighted by atomic mass is 14.6. The predicted octanol–water partition coefficient (Wildman–Crippen LogP) is 3.32. The summed E-state index contributed by atoms with van der Waals surface area (Å²) in [6.07, 6.45) is 2.98. The zero-order chi connectivity index (χ0) is 8.22. The van der Waals surface area contributed by atoms with Crippen molar-refractivity contribution in [3.63, 3.8) is 0 Å². The van der Waals surface area contributed by atoms with Gasteiger partial charge in [-0.05, 0) is 41.9 Å². The van der Waals surface area contributed by atoms with Crippen molar-refractivity contribution in [2.75, 3.05) is 0 Å². The number of hydrogen-bond donors (Lipinski definition) is 0. The first-order chi connectivity index (χ1) is 5.06. The Balaban J connectivity index is 2.09. The Hall–Kier alpha value is 0. The molecule has 0 radical (unpaired) electrons. The van der Waals surface area contributed by atoms with Gasteiger partial charge in [0.05, 0.1) is 0 Å². The van der Waals surface area contributed by atoms with Crippen LogP contribution in [0.25, 0.3) is 0 Å².